The number of nitrogens with one attached hydrogen (secondary N) is 2. The van der Waals surface area contributed by atoms with Crippen LogP contribution >= 0.6 is 11.8 Å². The summed E-state index contributed by atoms with van der Waals surface area (Å²) >= 11 is 1.25. The normalized spacial score (nSPS) is 12.3. The Labute approximate surface area is 193 Å². The minimum absolute atomic E-state index is 0.0790. The third-order valence-corrected chi connectivity index (χ3v) is 6.16. The second kappa shape index (κ2) is 9.99. The third-order valence-electron chi connectivity index (χ3n) is 5.03. The molecule has 2 aromatic carbocycles. The molecule has 168 valence electrons. The SMILES string of the molecule is CC(Sc1nnc(-c2ccc(C(C)(C)C)cc2)n1C)C(=O)NC(=O)NCc1ccccc1. The first-order chi connectivity index (χ1) is 15.1. The summed E-state index contributed by atoms with van der Waals surface area (Å²) in [6, 6.07) is 17.3. The zero-order chi connectivity index (χ0) is 23.3. The smallest absolute Gasteiger partial charge is 0.321 e. The second-order valence-corrected chi connectivity index (χ2v) is 9.92. The van der Waals surface area contributed by atoms with Gasteiger partial charge in [-0.3, -0.25) is 10.1 Å². The van der Waals surface area contributed by atoms with Gasteiger partial charge < -0.3 is 9.88 Å². The van der Waals surface area contributed by atoms with Crippen LogP contribution in [-0.4, -0.2) is 32.0 Å². The van der Waals surface area contributed by atoms with Gasteiger partial charge in [-0.1, -0.05) is 87.1 Å². The zero-order valence-corrected chi connectivity index (χ0v) is 19.9. The van der Waals surface area contributed by atoms with Crippen LogP contribution in [0.1, 0.15) is 38.8 Å². The van der Waals surface area contributed by atoms with Crippen molar-refractivity contribution in [1.29, 1.82) is 0 Å². The van der Waals surface area contributed by atoms with Gasteiger partial charge in [-0.05, 0) is 23.5 Å². The second-order valence-electron chi connectivity index (χ2n) is 8.61. The van der Waals surface area contributed by atoms with Gasteiger partial charge in [0.25, 0.3) is 0 Å². The number of benzene rings is 2. The van der Waals surface area contributed by atoms with E-state index in [1.165, 1.54) is 17.3 Å². The van der Waals surface area contributed by atoms with Gasteiger partial charge in [0.15, 0.2) is 11.0 Å². The molecule has 8 heteroatoms. The maximum atomic E-state index is 12.4. The van der Waals surface area contributed by atoms with E-state index in [9.17, 15) is 9.59 Å². The third kappa shape index (κ3) is 5.97. The number of carbonyl (C=O) groups excluding carboxylic acids is 2. The molecule has 7 nitrogen and oxygen atoms in total. The number of nitrogens with zero attached hydrogens (tertiary/aromatic N) is 3. The highest BCUT2D eigenvalue weighted by Gasteiger charge is 2.21. The molecule has 1 atom stereocenters. The Bertz CT molecular complexity index is 1070. The number of carbonyl (C=O) groups is 2. The minimum atomic E-state index is -0.524. The van der Waals surface area contributed by atoms with E-state index in [2.05, 4.69) is 53.7 Å². The van der Waals surface area contributed by atoms with Crippen LogP contribution in [-0.2, 0) is 23.8 Å². The maximum absolute atomic E-state index is 12.4. The van der Waals surface area contributed by atoms with E-state index < -0.39 is 11.3 Å². The number of hydrogen-bond acceptors (Lipinski definition) is 5. The van der Waals surface area contributed by atoms with E-state index in [-0.39, 0.29) is 11.3 Å². The van der Waals surface area contributed by atoms with Gasteiger partial charge in [0.1, 0.15) is 0 Å². The Morgan fingerprint density at radius 2 is 1.69 bits per heavy atom. The zero-order valence-electron chi connectivity index (χ0n) is 19.0. The van der Waals surface area contributed by atoms with E-state index in [1.807, 2.05) is 54.1 Å². The molecule has 0 radical (unpaired) electrons. The highest BCUT2D eigenvalue weighted by atomic mass is 32.2. The molecule has 2 N–H and O–H groups in total. The molecule has 0 aliphatic rings. The summed E-state index contributed by atoms with van der Waals surface area (Å²) in [5.74, 6) is 0.334. The van der Waals surface area contributed by atoms with Crippen LogP contribution in [0, 0.1) is 0 Å². The Kier molecular flexibility index (Phi) is 7.35. The molecule has 1 aromatic heterocycles. The molecule has 0 bridgehead atoms. The number of amides is 3. The quantitative estimate of drug-likeness (QED) is 0.546. The monoisotopic (exact) mass is 451 g/mol. The number of rotatable bonds is 6. The topological polar surface area (TPSA) is 88.9 Å². The van der Waals surface area contributed by atoms with Crippen LogP contribution < -0.4 is 10.6 Å². The Morgan fingerprint density at radius 1 is 1.03 bits per heavy atom. The van der Waals surface area contributed by atoms with E-state index in [0.29, 0.717) is 11.7 Å². The minimum Gasteiger partial charge on any atom is -0.334 e. The standard InChI is InChI=1S/C24H29N5O2S/c1-16(21(30)26-22(31)25-15-17-9-7-6-8-10-17)32-23-28-27-20(29(23)5)18-11-13-19(14-12-18)24(2,3)4/h6-14,16H,15H2,1-5H3,(H2,25,26,30,31). The fourth-order valence-electron chi connectivity index (χ4n) is 3.04. The summed E-state index contributed by atoms with van der Waals surface area (Å²) in [7, 11) is 1.87. The molecular formula is C24H29N5O2S. The van der Waals surface area contributed by atoms with Crippen LogP contribution in [0.15, 0.2) is 59.8 Å². The molecule has 3 rings (SSSR count). The average Bonchev–Trinajstić information content (AvgIpc) is 3.12. The summed E-state index contributed by atoms with van der Waals surface area (Å²) in [6.45, 7) is 8.60. The van der Waals surface area contributed by atoms with Gasteiger partial charge in [0, 0.05) is 19.2 Å². The highest BCUT2D eigenvalue weighted by Crippen LogP contribution is 2.28. The van der Waals surface area contributed by atoms with Crippen LogP contribution in [0.3, 0.4) is 0 Å². The van der Waals surface area contributed by atoms with Crippen LogP contribution in [0.25, 0.3) is 11.4 Å². The van der Waals surface area contributed by atoms with Crippen molar-refractivity contribution < 1.29 is 9.59 Å². The predicted octanol–water partition coefficient (Wildman–Crippen LogP) is 4.29. The first-order valence-corrected chi connectivity index (χ1v) is 11.3. The van der Waals surface area contributed by atoms with Crippen LogP contribution in [0.4, 0.5) is 4.79 Å². The fraction of sp³-hybridized carbons (Fsp3) is 0.333. The Hall–Kier alpha value is -3.13. The molecular weight excluding hydrogens is 422 g/mol. The summed E-state index contributed by atoms with van der Waals surface area (Å²) in [4.78, 5) is 24.5. The molecule has 1 heterocycles. The fourth-order valence-corrected chi connectivity index (χ4v) is 3.85. The largest absolute Gasteiger partial charge is 0.334 e. The van der Waals surface area contributed by atoms with Crippen molar-refractivity contribution in [3.63, 3.8) is 0 Å². The lowest BCUT2D eigenvalue weighted by atomic mass is 9.87. The van der Waals surface area contributed by atoms with Gasteiger partial charge in [-0.2, -0.15) is 0 Å². The van der Waals surface area contributed by atoms with Gasteiger partial charge in [0.2, 0.25) is 5.91 Å². The maximum Gasteiger partial charge on any atom is 0.321 e. The molecule has 0 saturated heterocycles. The molecule has 1 unspecified atom stereocenters. The molecule has 3 amide bonds. The Morgan fingerprint density at radius 3 is 2.31 bits per heavy atom. The van der Waals surface area contributed by atoms with Gasteiger partial charge in [0.05, 0.1) is 5.25 Å². The average molecular weight is 452 g/mol. The number of hydrogen-bond donors (Lipinski definition) is 2. The van der Waals surface area contributed by atoms with E-state index in [0.717, 1.165) is 17.0 Å². The summed E-state index contributed by atoms with van der Waals surface area (Å²) in [5.41, 5.74) is 3.24. The number of thioether (sulfide) groups is 1. The van der Waals surface area contributed by atoms with Crippen molar-refractivity contribution in [3.8, 4) is 11.4 Å². The molecule has 0 spiro atoms. The molecule has 0 fully saturated rings. The lowest BCUT2D eigenvalue weighted by Crippen LogP contribution is -2.42. The summed E-state index contributed by atoms with van der Waals surface area (Å²) in [6.07, 6.45) is 0. The van der Waals surface area contributed by atoms with Gasteiger partial charge in [-0.25, -0.2) is 4.79 Å². The molecule has 3 aromatic rings. The van der Waals surface area contributed by atoms with E-state index in [1.54, 1.807) is 6.92 Å². The lowest BCUT2D eigenvalue weighted by Gasteiger charge is -2.19. The van der Waals surface area contributed by atoms with Crippen molar-refractivity contribution in [2.75, 3.05) is 0 Å². The van der Waals surface area contributed by atoms with E-state index >= 15 is 0 Å². The van der Waals surface area contributed by atoms with E-state index in [4.69, 9.17) is 0 Å². The predicted molar refractivity (Wildman–Crippen MR) is 127 cm³/mol. The summed E-state index contributed by atoms with van der Waals surface area (Å²) in [5, 5.41) is 13.7. The number of aromatic nitrogens is 3. The lowest BCUT2D eigenvalue weighted by molar-refractivity contribution is -0.119. The molecule has 0 aliphatic heterocycles. The van der Waals surface area contributed by atoms with Crippen molar-refractivity contribution in [3.05, 3.63) is 65.7 Å². The van der Waals surface area contributed by atoms with Gasteiger partial charge in [-0.15, -0.1) is 10.2 Å². The first-order valence-electron chi connectivity index (χ1n) is 10.4. The van der Waals surface area contributed by atoms with Crippen molar-refractivity contribution in [1.82, 2.24) is 25.4 Å². The van der Waals surface area contributed by atoms with Crippen molar-refractivity contribution in [2.24, 2.45) is 7.05 Å². The van der Waals surface area contributed by atoms with Crippen molar-refractivity contribution in [2.45, 2.75) is 50.1 Å². The summed E-state index contributed by atoms with van der Waals surface area (Å²) < 4.78 is 1.86. The molecule has 32 heavy (non-hydrogen) atoms. The van der Waals surface area contributed by atoms with Crippen LogP contribution in [0.2, 0.25) is 0 Å². The molecule has 0 saturated carbocycles. The number of urea groups is 1. The van der Waals surface area contributed by atoms with Crippen LogP contribution in [0.5, 0.6) is 0 Å². The van der Waals surface area contributed by atoms with Crippen molar-refractivity contribution >= 4 is 23.7 Å². The van der Waals surface area contributed by atoms with Gasteiger partial charge >= 0.3 is 6.03 Å². The molecule has 0 aliphatic carbocycles. The Balaban J connectivity index is 1.58. The number of imide groups is 1. The highest BCUT2D eigenvalue weighted by molar-refractivity contribution is 8.00. The first kappa shape index (κ1) is 23.5.